The van der Waals surface area contributed by atoms with E-state index in [0.717, 1.165) is 14.2 Å². The van der Waals surface area contributed by atoms with Crippen molar-refractivity contribution in [3.05, 3.63) is 0 Å². The maximum absolute atomic E-state index is 10.6. The third-order valence-corrected chi connectivity index (χ3v) is 1.23. The van der Waals surface area contributed by atoms with Gasteiger partial charge in [-0.1, -0.05) is 0 Å². The Hall–Kier alpha value is -1.14. The molecule has 70 valence electrons. The second-order valence-corrected chi connectivity index (χ2v) is 1.96. The van der Waals surface area contributed by atoms with E-state index in [1.807, 2.05) is 0 Å². The molecule has 0 bridgehead atoms. The fraction of sp³-hybridized carbons (Fsp3) is 0.667. The van der Waals surface area contributed by atoms with E-state index in [1.54, 1.807) is 0 Å². The molecule has 2 N–H and O–H groups in total. The van der Waals surface area contributed by atoms with Gasteiger partial charge in [0.05, 0.1) is 7.11 Å². The largest absolute Gasteiger partial charge is 0.479 e. The van der Waals surface area contributed by atoms with Gasteiger partial charge in [0.25, 0.3) is 0 Å². The van der Waals surface area contributed by atoms with Crippen LogP contribution in [0.2, 0.25) is 0 Å². The minimum Gasteiger partial charge on any atom is -0.479 e. The Morgan fingerprint density at radius 3 is 2.08 bits per heavy atom. The fourth-order valence-corrected chi connectivity index (χ4v) is 0.609. The average molecular weight is 178 g/mol. The Morgan fingerprint density at radius 2 is 1.83 bits per heavy atom. The van der Waals surface area contributed by atoms with Crippen LogP contribution in [0.4, 0.5) is 0 Å². The molecule has 0 radical (unpaired) electrons. The van der Waals surface area contributed by atoms with Crippen LogP contribution in [0.1, 0.15) is 0 Å². The predicted molar refractivity (Wildman–Crippen MR) is 36.5 cm³/mol. The average Bonchev–Trinajstić information content (AvgIpc) is 2.03. The molecule has 2 unspecified atom stereocenters. The summed E-state index contributed by atoms with van der Waals surface area (Å²) in [7, 11) is 2.12. The van der Waals surface area contributed by atoms with Gasteiger partial charge in [-0.15, -0.1) is 0 Å². The Labute approximate surface area is 68.7 Å². The molecule has 6 nitrogen and oxygen atoms in total. The van der Waals surface area contributed by atoms with Crippen LogP contribution in [0, 0.1) is 0 Å². The first kappa shape index (κ1) is 10.9. The van der Waals surface area contributed by atoms with Crippen molar-refractivity contribution in [1.82, 2.24) is 0 Å². The number of methoxy groups -OCH3 is 2. The maximum atomic E-state index is 10.6. The lowest BCUT2D eigenvalue weighted by Crippen LogP contribution is -2.41. The molecule has 0 amide bonds. The van der Waals surface area contributed by atoms with Crippen molar-refractivity contribution in [3.8, 4) is 0 Å². The summed E-state index contributed by atoms with van der Waals surface area (Å²) in [5, 5.41) is 17.4. The van der Waals surface area contributed by atoms with Crippen molar-refractivity contribution in [1.29, 1.82) is 0 Å². The van der Waals surface area contributed by atoms with Crippen LogP contribution in [0.5, 0.6) is 0 Å². The van der Waals surface area contributed by atoms with Gasteiger partial charge in [0.2, 0.25) is 0 Å². The molecule has 0 rings (SSSR count). The Kier molecular flexibility index (Phi) is 4.24. The highest BCUT2D eigenvalue weighted by molar-refractivity contribution is 5.84. The van der Waals surface area contributed by atoms with E-state index in [4.69, 9.17) is 10.2 Å². The van der Waals surface area contributed by atoms with Crippen LogP contribution in [0.25, 0.3) is 0 Å². The first-order chi connectivity index (χ1) is 5.54. The van der Waals surface area contributed by atoms with Crippen molar-refractivity contribution in [2.24, 2.45) is 0 Å². The van der Waals surface area contributed by atoms with Gasteiger partial charge in [0, 0.05) is 7.11 Å². The van der Waals surface area contributed by atoms with Gasteiger partial charge >= 0.3 is 11.9 Å². The van der Waals surface area contributed by atoms with Gasteiger partial charge in [-0.3, -0.25) is 0 Å². The van der Waals surface area contributed by atoms with E-state index in [1.165, 1.54) is 0 Å². The second kappa shape index (κ2) is 4.68. The van der Waals surface area contributed by atoms with E-state index in [0.29, 0.717) is 0 Å². The fourth-order valence-electron chi connectivity index (χ4n) is 0.609. The molecule has 0 aliphatic carbocycles. The number of carboxylic acid groups (broad SMARTS) is 1. The zero-order valence-corrected chi connectivity index (χ0v) is 6.68. The molecule has 0 fully saturated rings. The molecule has 6 heteroatoms. The topological polar surface area (TPSA) is 93.1 Å². The third kappa shape index (κ3) is 2.48. The zero-order valence-electron chi connectivity index (χ0n) is 6.68. The number of esters is 1. The number of rotatable bonds is 4. The lowest BCUT2D eigenvalue weighted by Gasteiger charge is -2.14. The number of ether oxygens (including phenoxy) is 2. The number of aliphatic hydroxyl groups is 1. The summed E-state index contributed by atoms with van der Waals surface area (Å²) in [4.78, 5) is 20.9. The molecular weight excluding hydrogens is 168 g/mol. The number of aliphatic carboxylic acids is 1. The van der Waals surface area contributed by atoms with E-state index in [9.17, 15) is 9.59 Å². The van der Waals surface area contributed by atoms with Crippen molar-refractivity contribution in [3.63, 3.8) is 0 Å². The van der Waals surface area contributed by atoms with Gasteiger partial charge in [-0.2, -0.15) is 0 Å². The van der Waals surface area contributed by atoms with Crippen LogP contribution < -0.4 is 0 Å². The quantitative estimate of drug-likeness (QED) is 0.515. The molecule has 12 heavy (non-hydrogen) atoms. The van der Waals surface area contributed by atoms with Crippen LogP contribution in [0.3, 0.4) is 0 Å². The zero-order chi connectivity index (χ0) is 9.72. The normalized spacial score (nSPS) is 14.9. The van der Waals surface area contributed by atoms with E-state index < -0.39 is 24.1 Å². The summed E-state index contributed by atoms with van der Waals surface area (Å²) >= 11 is 0. The molecular formula is C6H10O6. The van der Waals surface area contributed by atoms with Crippen molar-refractivity contribution < 1.29 is 29.3 Å². The first-order valence-electron chi connectivity index (χ1n) is 3.06. The van der Waals surface area contributed by atoms with Gasteiger partial charge < -0.3 is 19.7 Å². The molecule has 0 saturated heterocycles. The number of carbonyl (C=O) groups is 2. The van der Waals surface area contributed by atoms with Crippen molar-refractivity contribution in [2.75, 3.05) is 14.2 Å². The number of carboxylic acids is 1. The summed E-state index contributed by atoms with van der Waals surface area (Å²) < 4.78 is 8.46. The Bertz CT molecular complexity index is 177. The molecule has 0 aliphatic heterocycles. The highest BCUT2D eigenvalue weighted by Crippen LogP contribution is 2.00. The first-order valence-corrected chi connectivity index (χ1v) is 3.06. The van der Waals surface area contributed by atoms with E-state index in [2.05, 4.69) is 9.47 Å². The van der Waals surface area contributed by atoms with Gasteiger partial charge in [-0.25, -0.2) is 9.59 Å². The summed E-state index contributed by atoms with van der Waals surface area (Å²) in [6, 6.07) is 0. The summed E-state index contributed by atoms with van der Waals surface area (Å²) in [5.74, 6) is -2.46. The van der Waals surface area contributed by atoms with Crippen molar-refractivity contribution in [2.45, 2.75) is 12.2 Å². The van der Waals surface area contributed by atoms with Crippen LogP contribution >= 0.6 is 0 Å². The smallest absolute Gasteiger partial charge is 0.338 e. The lowest BCUT2D eigenvalue weighted by molar-refractivity contribution is -0.170. The number of hydrogen-bond donors (Lipinski definition) is 2. The minimum atomic E-state index is -1.79. The summed E-state index contributed by atoms with van der Waals surface area (Å²) in [6.45, 7) is 0. The van der Waals surface area contributed by atoms with Crippen LogP contribution in [0.15, 0.2) is 0 Å². The highest BCUT2D eigenvalue weighted by Gasteiger charge is 2.32. The van der Waals surface area contributed by atoms with Gasteiger partial charge in [-0.05, 0) is 0 Å². The number of hydrogen-bond acceptors (Lipinski definition) is 5. The maximum Gasteiger partial charge on any atom is 0.338 e. The summed E-state index contributed by atoms with van der Waals surface area (Å²) in [6.07, 6.45) is -3.38. The lowest BCUT2D eigenvalue weighted by atomic mass is 10.2. The van der Waals surface area contributed by atoms with E-state index in [-0.39, 0.29) is 0 Å². The van der Waals surface area contributed by atoms with E-state index >= 15 is 0 Å². The molecule has 2 atom stereocenters. The number of carbonyl (C=O) groups excluding carboxylic acids is 1. The molecule has 0 aliphatic rings. The Morgan fingerprint density at radius 1 is 1.33 bits per heavy atom. The van der Waals surface area contributed by atoms with Crippen molar-refractivity contribution >= 4 is 11.9 Å². The molecule has 0 spiro atoms. The van der Waals surface area contributed by atoms with Gasteiger partial charge in [0.1, 0.15) is 0 Å². The molecule has 0 aromatic heterocycles. The summed E-state index contributed by atoms with van der Waals surface area (Å²) in [5.41, 5.74) is 0. The van der Waals surface area contributed by atoms with Crippen LogP contribution in [-0.2, 0) is 19.1 Å². The number of aliphatic hydroxyl groups excluding tert-OH is 1. The third-order valence-electron chi connectivity index (χ3n) is 1.23. The molecule has 0 saturated carbocycles. The highest BCUT2D eigenvalue weighted by atomic mass is 16.6. The van der Waals surface area contributed by atoms with Crippen LogP contribution in [-0.4, -0.2) is 48.6 Å². The van der Waals surface area contributed by atoms with Gasteiger partial charge in [0.15, 0.2) is 12.2 Å². The second-order valence-electron chi connectivity index (χ2n) is 1.96. The minimum absolute atomic E-state index is 1.04. The monoisotopic (exact) mass is 178 g/mol. The Balaban J connectivity index is 4.30. The molecule has 0 aromatic carbocycles. The molecule has 0 aromatic rings. The molecule has 0 heterocycles. The SMILES string of the molecule is COC(=O)C(O)C(OC)C(=O)O. The standard InChI is InChI=1S/C6H10O6/c1-11-4(5(8)9)3(7)6(10)12-2/h3-4,7H,1-2H3,(H,8,9). The predicted octanol–water partition coefficient (Wildman–Crippen LogP) is -1.38.